The fourth-order valence-electron chi connectivity index (χ4n) is 2.63. The Bertz CT molecular complexity index is 921. The molecule has 0 aliphatic heterocycles. The molecule has 136 valence electrons. The second-order valence-corrected chi connectivity index (χ2v) is 5.77. The molecule has 0 spiro atoms. The molecule has 0 radical (unpaired) electrons. The van der Waals surface area contributed by atoms with E-state index in [0.29, 0.717) is 5.75 Å². The van der Waals surface area contributed by atoms with Gasteiger partial charge in [0.15, 0.2) is 6.10 Å². The molecule has 0 aliphatic carbocycles. The molecule has 3 rings (SSSR count). The topological polar surface area (TPSA) is 78.7 Å². The van der Waals surface area contributed by atoms with Crippen LogP contribution in [-0.4, -0.2) is 18.0 Å². The molecule has 0 saturated carbocycles. The Morgan fingerprint density at radius 3 is 2.04 bits per heavy atom. The third-order valence-corrected chi connectivity index (χ3v) is 4.06. The third kappa shape index (κ3) is 4.30. The summed E-state index contributed by atoms with van der Waals surface area (Å²) in [5, 5.41) is 10.8. The van der Waals surface area contributed by atoms with Crippen molar-refractivity contribution in [3.8, 4) is 5.75 Å². The van der Waals surface area contributed by atoms with E-state index in [1.165, 1.54) is 24.3 Å². The largest absolute Gasteiger partial charge is 0.497 e. The average molecular weight is 363 g/mol. The summed E-state index contributed by atoms with van der Waals surface area (Å²) in [7, 11) is 1.58. The van der Waals surface area contributed by atoms with Gasteiger partial charge in [-0.05, 0) is 35.4 Å². The number of rotatable bonds is 6. The third-order valence-electron chi connectivity index (χ3n) is 4.06. The molecule has 0 aromatic heterocycles. The van der Waals surface area contributed by atoms with Crippen LogP contribution < -0.4 is 4.74 Å². The fraction of sp³-hybridized carbons (Fsp3) is 0.0952. The van der Waals surface area contributed by atoms with E-state index in [4.69, 9.17) is 9.47 Å². The number of nitro benzene ring substituents is 1. The van der Waals surface area contributed by atoms with Gasteiger partial charge in [0, 0.05) is 12.1 Å². The Kier molecular flexibility index (Phi) is 5.47. The van der Waals surface area contributed by atoms with Crippen LogP contribution in [0.25, 0.3) is 0 Å². The molecule has 0 amide bonds. The van der Waals surface area contributed by atoms with Crippen LogP contribution in [0.4, 0.5) is 5.69 Å². The molecule has 27 heavy (non-hydrogen) atoms. The number of nitro groups is 1. The lowest BCUT2D eigenvalue weighted by Crippen LogP contribution is -2.13. The lowest BCUT2D eigenvalue weighted by Gasteiger charge is -2.19. The number of carbonyl (C=O) groups excluding carboxylic acids is 1. The number of benzene rings is 3. The fourth-order valence-corrected chi connectivity index (χ4v) is 2.63. The summed E-state index contributed by atoms with van der Waals surface area (Å²) in [6.07, 6.45) is -0.611. The number of hydrogen-bond acceptors (Lipinski definition) is 5. The number of esters is 1. The first-order valence-corrected chi connectivity index (χ1v) is 8.23. The minimum Gasteiger partial charge on any atom is -0.497 e. The Hall–Kier alpha value is -3.67. The van der Waals surface area contributed by atoms with E-state index < -0.39 is 17.0 Å². The van der Waals surface area contributed by atoms with Crippen LogP contribution in [0, 0.1) is 10.1 Å². The maximum atomic E-state index is 12.6. The maximum absolute atomic E-state index is 12.6. The van der Waals surface area contributed by atoms with Gasteiger partial charge in [-0.15, -0.1) is 0 Å². The van der Waals surface area contributed by atoms with Crippen molar-refractivity contribution in [3.05, 3.63) is 106 Å². The lowest BCUT2D eigenvalue weighted by molar-refractivity contribution is -0.384. The van der Waals surface area contributed by atoms with Crippen LogP contribution in [0.2, 0.25) is 0 Å². The van der Waals surface area contributed by atoms with E-state index >= 15 is 0 Å². The standard InChI is InChI=1S/C21H17NO5/c1-26-19-13-9-16(10-14-19)20(15-5-3-2-4-6-15)27-21(23)17-7-11-18(12-8-17)22(24)25/h2-14,20H,1H3. The van der Waals surface area contributed by atoms with Gasteiger partial charge >= 0.3 is 5.97 Å². The van der Waals surface area contributed by atoms with Crippen molar-refractivity contribution in [3.63, 3.8) is 0 Å². The summed E-state index contributed by atoms with van der Waals surface area (Å²) in [4.78, 5) is 22.8. The summed E-state index contributed by atoms with van der Waals surface area (Å²) in [6, 6.07) is 21.9. The molecule has 0 fully saturated rings. The Morgan fingerprint density at radius 2 is 1.48 bits per heavy atom. The monoisotopic (exact) mass is 363 g/mol. The molecule has 0 bridgehead atoms. The van der Waals surface area contributed by atoms with Gasteiger partial charge in [0.25, 0.3) is 5.69 Å². The minimum absolute atomic E-state index is 0.0821. The molecule has 6 heteroatoms. The van der Waals surface area contributed by atoms with Crippen LogP contribution in [0.3, 0.4) is 0 Å². The molecule has 0 N–H and O–H groups in total. The molecule has 0 aliphatic rings. The van der Waals surface area contributed by atoms with Gasteiger partial charge < -0.3 is 9.47 Å². The van der Waals surface area contributed by atoms with E-state index in [1.54, 1.807) is 19.2 Å². The Balaban J connectivity index is 1.88. The number of carbonyl (C=O) groups is 1. The normalized spacial score (nSPS) is 11.4. The molecule has 3 aromatic rings. The Morgan fingerprint density at radius 1 is 0.889 bits per heavy atom. The van der Waals surface area contributed by atoms with Crippen LogP contribution in [0.15, 0.2) is 78.9 Å². The summed E-state index contributed by atoms with van der Waals surface area (Å²) < 4.78 is 10.9. The number of ether oxygens (including phenoxy) is 2. The second-order valence-electron chi connectivity index (χ2n) is 5.77. The van der Waals surface area contributed by atoms with Gasteiger partial charge in [0.05, 0.1) is 17.6 Å². The highest BCUT2D eigenvalue weighted by molar-refractivity contribution is 5.90. The highest BCUT2D eigenvalue weighted by Gasteiger charge is 2.20. The average Bonchev–Trinajstić information content (AvgIpc) is 2.72. The zero-order valence-electron chi connectivity index (χ0n) is 14.6. The molecule has 0 saturated heterocycles. The van der Waals surface area contributed by atoms with E-state index in [9.17, 15) is 14.9 Å². The van der Waals surface area contributed by atoms with Crippen molar-refractivity contribution in [1.29, 1.82) is 0 Å². The van der Waals surface area contributed by atoms with Gasteiger partial charge in [-0.2, -0.15) is 0 Å². The molecule has 0 heterocycles. The first kappa shape index (κ1) is 18.1. The summed E-state index contributed by atoms with van der Waals surface area (Å²) in [5.74, 6) is 0.141. The van der Waals surface area contributed by atoms with Crippen LogP contribution in [-0.2, 0) is 4.74 Å². The first-order valence-electron chi connectivity index (χ1n) is 8.23. The van der Waals surface area contributed by atoms with Crippen molar-refractivity contribution >= 4 is 11.7 Å². The summed E-state index contributed by atoms with van der Waals surface area (Å²) in [6.45, 7) is 0. The van der Waals surface area contributed by atoms with E-state index in [1.807, 2.05) is 42.5 Å². The molecule has 6 nitrogen and oxygen atoms in total. The van der Waals surface area contributed by atoms with E-state index in [0.717, 1.165) is 11.1 Å². The van der Waals surface area contributed by atoms with Crippen molar-refractivity contribution in [2.45, 2.75) is 6.10 Å². The highest BCUT2D eigenvalue weighted by Crippen LogP contribution is 2.28. The minimum atomic E-state index is -0.611. The van der Waals surface area contributed by atoms with Crippen LogP contribution in [0.1, 0.15) is 27.6 Å². The van der Waals surface area contributed by atoms with Gasteiger partial charge in [0.1, 0.15) is 5.75 Å². The highest BCUT2D eigenvalue weighted by atomic mass is 16.6. The molecule has 1 unspecified atom stereocenters. The molecular weight excluding hydrogens is 346 g/mol. The SMILES string of the molecule is COc1ccc(C(OC(=O)c2ccc([N+](=O)[O-])cc2)c2ccccc2)cc1. The molecular formula is C21H17NO5. The Labute approximate surface area is 156 Å². The molecule has 3 aromatic carbocycles. The first-order chi connectivity index (χ1) is 13.1. The zero-order chi connectivity index (χ0) is 19.2. The summed E-state index contributed by atoms with van der Waals surface area (Å²) in [5.41, 5.74) is 1.77. The van der Waals surface area contributed by atoms with Crippen molar-refractivity contribution in [1.82, 2.24) is 0 Å². The van der Waals surface area contributed by atoms with Crippen molar-refractivity contribution in [2.75, 3.05) is 7.11 Å². The zero-order valence-corrected chi connectivity index (χ0v) is 14.6. The number of hydrogen-bond donors (Lipinski definition) is 0. The van der Waals surface area contributed by atoms with E-state index in [2.05, 4.69) is 0 Å². The van der Waals surface area contributed by atoms with E-state index in [-0.39, 0.29) is 11.3 Å². The molecule has 1 atom stereocenters. The number of nitrogens with zero attached hydrogens (tertiary/aromatic N) is 1. The number of methoxy groups -OCH3 is 1. The lowest BCUT2D eigenvalue weighted by atomic mass is 10.0. The van der Waals surface area contributed by atoms with Gasteiger partial charge in [0.2, 0.25) is 0 Å². The van der Waals surface area contributed by atoms with Crippen LogP contribution >= 0.6 is 0 Å². The van der Waals surface area contributed by atoms with Crippen LogP contribution in [0.5, 0.6) is 5.75 Å². The number of non-ortho nitro benzene ring substituents is 1. The smallest absolute Gasteiger partial charge is 0.339 e. The van der Waals surface area contributed by atoms with Crippen molar-refractivity contribution in [2.24, 2.45) is 0 Å². The quantitative estimate of drug-likeness (QED) is 0.365. The van der Waals surface area contributed by atoms with Crippen molar-refractivity contribution < 1.29 is 19.2 Å². The van der Waals surface area contributed by atoms with Gasteiger partial charge in [-0.25, -0.2) is 4.79 Å². The maximum Gasteiger partial charge on any atom is 0.339 e. The van der Waals surface area contributed by atoms with Gasteiger partial charge in [-0.3, -0.25) is 10.1 Å². The predicted octanol–water partition coefficient (Wildman–Crippen LogP) is 4.55. The predicted molar refractivity (Wildman–Crippen MR) is 99.8 cm³/mol. The van der Waals surface area contributed by atoms with Gasteiger partial charge in [-0.1, -0.05) is 42.5 Å². The summed E-state index contributed by atoms with van der Waals surface area (Å²) >= 11 is 0. The second kappa shape index (κ2) is 8.14.